The predicted molar refractivity (Wildman–Crippen MR) is 94.6 cm³/mol. The Bertz CT molecular complexity index is 762. The van der Waals surface area contributed by atoms with Gasteiger partial charge in [0.05, 0.1) is 5.69 Å². The van der Waals surface area contributed by atoms with Gasteiger partial charge in [-0.25, -0.2) is 0 Å². The standard InChI is InChI=1S/C19H18N2Si/c1-22(2,3)14-12-18-10-11-19(21-16-18)9-5-4-7-17-8-6-13-20-15-17/h5-6,8-11,13,15-16H,1-3H3. The van der Waals surface area contributed by atoms with E-state index in [0.717, 1.165) is 16.8 Å². The highest BCUT2D eigenvalue weighted by molar-refractivity contribution is 6.83. The lowest BCUT2D eigenvalue weighted by molar-refractivity contribution is 1.28. The second kappa shape index (κ2) is 7.40. The average molecular weight is 302 g/mol. The maximum atomic E-state index is 4.37. The maximum absolute atomic E-state index is 4.37. The lowest BCUT2D eigenvalue weighted by Gasteiger charge is -2.03. The second-order valence-electron chi connectivity index (χ2n) is 5.82. The van der Waals surface area contributed by atoms with Crippen molar-refractivity contribution in [3.05, 3.63) is 65.8 Å². The Hall–Kier alpha value is -2.62. The van der Waals surface area contributed by atoms with Gasteiger partial charge in [-0.2, -0.15) is 0 Å². The van der Waals surface area contributed by atoms with Crippen molar-refractivity contribution >= 4 is 14.1 Å². The van der Waals surface area contributed by atoms with Crippen molar-refractivity contribution in [1.82, 2.24) is 9.97 Å². The van der Waals surface area contributed by atoms with E-state index in [2.05, 4.69) is 52.9 Å². The van der Waals surface area contributed by atoms with Crippen molar-refractivity contribution in [1.29, 1.82) is 0 Å². The molecule has 0 atom stereocenters. The molecule has 108 valence electrons. The quantitative estimate of drug-likeness (QED) is 0.592. The SMILES string of the molecule is C[Si](C)(C)C#Cc1ccc(C=CC#Cc2cccnc2)nc1. The van der Waals surface area contributed by atoms with Crippen LogP contribution in [0.25, 0.3) is 6.08 Å². The Morgan fingerprint density at radius 1 is 1.00 bits per heavy atom. The van der Waals surface area contributed by atoms with E-state index in [4.69, 9.17) is 0 Å². The van der Waals surface area contributed by atoms with Crippen molar-refractivity contribution in [2.75, 3.05) is 0 Å². The Labute approximate surface area is 133 Å². The first-order valence-corrected chi connectivity index (χ1v) is 10.6. The van der Waals surface area contributed by atoms with Crippen LogP contribution in [0.2, 0.25) is 19.6 Å². The minimum absolute atomic E-state index is 0.874. The van der Waals surface area contributed by atoms with Crippen LogP contribution in [-0.2, 0) is 0 Å². The van der Waals surface area contributed by atoms with Gasteiger partial charge in [-0.1, -0.05) is 37.4 Å². The molecule has 2 aromatic heterocycles. The molecule has 0 spiro atoms. The summed E-state index contributed by atoms with van der Waals surface area (Å²) in [6, 6.07) is 7.75. The fraction of sp³-hybridized carbons (Fsp3) is 0.158. The summed E-state index contributed by atoms with van der Waals surface area (Å²) in [6.45, 7) is 6.68. The summed E-state index contributed by atoms with van der Waals surface area (Å²) in [4.78, 5) is 8.39. The molecule has 2 rings (SSSR count). The zero-order valence-electron chi connectivity index (χ0n) is 13.1. The van der Waals surface area contributed by atoms with Gasteiger partial charge in [-0.15, -0.1) is 5.54 Å². The van der Waals surface area contributed by atoms with Gasteiger partial charge >= 0.3 is 0 Å². The van der Waals surface area contributed by atoms with Crippen LogP contribution in [0.3, 0.4) is 0 Å². The Balaban J connectivity index is 2.01. The van der Waals surface area contributed by atoms with Gasteiger partial charge in [0.2, 0.25) is 0 Å². The third kappa shape index (κ3) is 5.79. The number of allylic oxidation sites excluding steroid dienone is 1. The van der Waals surface area contributed by atoms with Crippen LogP contribution in [0.15, 0.2) is 48.9 Å². The second-order valence-corrected chi connectivity index (χ2v) is 10.6. The number of hydrogen-bond acceptors (Lipinski definition) is 2. The maximum Gasteiger partial charge on any atom is 0.129 e. The monoisotopic (exact) mass is 302 g/mol. The normalized spacial score (nSPS) is 10.5. The van der Waals surface area contributed by atoms with Crippen LogP contribution < -0.4 is 0 Å². The van der Waals surface area contributed by atoms with Crippen LogP contribution in [0.5, 0.6) is 0 Å². The third-order valence-corrected chi connectivity index (χ3v) is 3.46. The molecule has 0 saturated heterocycles. The molecule has 0 fully saturated rings. The van der Waals surface area contributed by atoms with Gasteiger partial charge in [0.15, 0.2) is 0 Å². The summed E-state index contributed by atoms with van der Waals surface area (Å²) in [5.74, 6) is 9.19. The van der Waals surface area contributed by atoms with E-state index in [-0.39, 0.29) is 0 Å². The average Bonchev–Trinajstić information content (AvgIpc) is 2.51. The van der Waals surface area contributed by atoms with Crippen LogP contribution >= 0.6 is 0 Å². The molecule has 0 aliphatic carbocycles. The van der Waals surface area contributed by atoms with Gasteiger partial charge in [0.25, 0.3) is 0 Å². The molecule has 0 N–H and O–H groups in total. The van der Waals surface area contributed by atoms with E-state index in [1.54, 1.807) is 24.7 Å². The Kier molecular flexibility index (Phi) is 5.30. The summed E-state index contributed by atoms with van der Waals surface area (Å²) >= 11 is 0. The fourth-order valence-corrected chi connectivity index (χ4v) is 2.05. The first-order valence-electron chi connectivity index (χ1n) is 7.10. The molecule has 0 unspecified atom stereocenters. The number of nitrogens with zero attached hydrogens (tertiary/aromatic N) is 2. The van der Waals surface area contributed by atoms with Crippen molar-refractivity contribution in [2.24, 2.45) is 0 Å². The molecule has 0 saturated carbocycles. The highest BCUT2D eigenvalue weighted by Crippen LogP contribution is 2.03. The first-order chi connectivity index (χ1) is 10.5. The van der Waals surface area contributed by atoms with E-state index in [1.807, 2.05) is 30.3 Å². The van der Waals surface area contributed by atoms with Crippen molar-refractivity contribution in [3.63, 3.8) is 0 Å². The van der Waals surface area contributed by atoms with Crippen molar-refractivity contribution in [3.8, 4) is 23.3 Å². The van der Waals surface area contributed by atoms with E-state index in [0.29, 0.717) is 0 Å². The van der Waals surface area contributed by atoms with Crippen LogP contribution in [0.1, 0.15) is 16.8 Å². The predicted octanol–water partition coefficient (Wildman–Crippen LogP) is 3.77. The largest absolute Gasteiger partial charge is 0.263 e. The molecule has 2 heterocycles. The number of rotatable bonds is 1. The zero-order chi connectivity index (χ0) is 15.8. The van der Waals surface area contributed by atoms with Gasteiger partial charge in [0, 0.05) is 29.7 Å². The van der Waals surface area contributed by atoms with E-state index < -0.39 is 8.07 Å². The van der Waals surface area contributed by atoms with Gasteiger partial charge in [0.1, 0.15) is 8.07 Å². The molecular formula is C19H18N2Si. The van der Waals surface area contributed by atoms with E-state index in [9.17, 15) is 0 Å². The smallest absolute Gasteiger partial charge is 0.129 e. The van der Waals surface area contributed by atoms with Crippen molar-refractivity contribution in [2.45, 2.75) is 19.6 Å². The molecular weight excluding hydrogens is 284 g/mol. The molecule has 0 radical (unpaired) electrons. The number of pyridine rings is 2. The molecule has 0 bridgehead atoms. The molecule has 2 nitrogen and oxygen atoms in total. The highest BCUT2D eigenvalue weighted by atomic mass is 28.3. The van der Waals surface area contributed by atoms with Crippen LogP contribution in [0, 0.1) is 23.3 Å². The van der Waals surface area contributed by atoms with Gasteiger partial charge in [-0.3, -0.25) is 9.97 Å². The molecule has 0 aliphatic rings. The molecule has 22 heavy (non-hydrogen) atoms. The minimum atomic E-state index is -1.34. The molecule has 0 aromatic carbocycles. The molecule has 0 amide bonds. The molecule has 0 aliphatic heterocycles. The van der Waals surface area contributed by atoms with E-state index >= 15 is 0 Å². The zero-order valence-corrected chi connectivity index (χ0v) is 14.1. The topological polar surface area (TPSA) is 25.8 Å². The summed E-state index contributed by atoms with van der Waals surface area (Å²) < 4.78 is 0. The summed E-state index contributed by atoms with van der Waals surface area (Å²) in [7, 11) is -1.34. The van der Waals surface area contributed by atoms with E-state index in [1.165, 1.54) is 0 Å². The van der Waals surface area contributed by atoms with Crippen LogP contribution in [-0.4, -0.2) is 18.0 Å². The van der Waals surface area contributed by atoms with Gasteiger partial charge in [-0.05, 0) is 36.4 Å². The number of aromatic nitrogens is 2. The minimum Gasteiger partial charge on any atom is -0.263 e. The molecule has 3 heteroatoms. The Morgan fingerprint density at radius 2 is 1.82 bits per heavy atom. The molecule has 2 aromatic rings. The number of hydrogen-bond donors (Lipinski definition) is 0. The summed E-state index contributed by atoms with van der Waals surface area (Å²) in [6.07, 6.45) is 8.96. The Morgan fingerprint density at radius 3 is 2.45 bits per heavy atom. The highest BCUT2D eigenvalue weighted by Gasteiger charge is 2.07. The lowest BCUT2D eigenvalue weighted by atomic mass is 10.2. The van der Waals surface area contributed by atoms with Crippen molar-refractivity contribution < 1.29 is 0 Å². The summed E-state index contributed by atoms with van der Waals surface area (Å²) in [5, 5.41) is 0. The van der Waals surface area contributed by atoms with Gasteiger partial charge < -0.3 is 0 Å². The summed E-state index contributed by atoms with van der Waals surface area (Å²) in [5.41, 5.74) is 6.06. The van der Waals surface area contributed by atoms with Crippen LogP contribution in [0.4, 0.5) is 0 Å². The lowest BCUT2D eigenvalue weighted by Crippen LogP contribution is -2.16. The fourth-order valence-electron chi connectivity index (χ4n) is 1.53. The first kappa shape index (κ1) is 15.8. The third-order valence-electron chi connectivity index (χ3n) is 2.58.